The first kappa shape index (κ1) is 47.4. The van der Waals surface area contributed by atoms with Crippen LogP contribution in [0.2, 0.25) is 0 Å². The molecule has 60 heavy (non-hydrogen) atoms. The third-order valence-electron chi connectivity index (χ3n) is 8.33. The van der Waals surface area contributed by atoms with E-state index in [1.165, 1.54) is 15.6 Å². The van der Waals surface area contributed by atoms with Crippen LogP contribution >= 0.6 is 0 Å². The van der Waals surface area contributed by atoms with Gasteiger partial charge in [-0.3, -0.25) is 4.79 Å². The summed E-state index contributed by atoms with van der Waals surface area (Å²) in [6.07, 6.45) is 5.12. The van der Waals surface area contributed by atoms with E-state index in [2.05, 4.69) is 74.0 Å². The molecule has 2 aromatic heterocycles. The van der Waals surface area contributed by atoms with Crippen LogP contribution in [0.1, 0.15) is 67.9 Å². The lowest BCUT2D eigenvalue weighted by molar-refractivity contribution is -0.149. The topological polar surface area (TPSA) is 269 Å². The van der Waals surface area contributed by atoms with E-state index in [1.54, 1.807) is 32.9 Å². The van der Waals surface area contributed by atoms with Crippen molar-refractivity contribution < 1.29 is 63.4 Å². The summed E-state index contributed by atoms with van der Waals surface area (Å²) in [6, 6.07) is 24.2. The summed E-state index contributed by atoms with van der Waals surface area (Å²) in [5.74, 6) is -5.85. The number of likely N-dealkylation sites (tertiary alicyclic amines) is 1. The SMILES string of the molecule is CCOC(=O)C(C)(C)NC(=O)c1nnc2ccc(OCCCN3CCC(OC(c4ccccc4)c4ccccc4)CC3)nn12.O=C(O)C=CC(=O)O.O=C(O)C=CC(=O)O. The maximum absolute atomic E-state index is 12.9. The minimum atomic E-state index is -1.26. The minimum Gasteiger partial charge on any atom is -0.478 e. The van der Waals surface area contributed by atoms with Gasteiger partial charge in [-0.25, -0.2) is 24.0 Å². The van der Waals surface area contributed by atoms with E-state index in [0.29, 0.717) is 42.4 Å². The Morgan fingerprint density at radius 1 is 0.783 bits per heavy atom. The average Bonchev–Trinajstić information content (AvgIpc) is 3.65. The molecule has 19 heteroatoms. The Kier molecular flexibility index (Phi) is 19.0. The summed E-state index contributed by atoms with van der Waals surface area (Å²) in [4.78, 5) is 65.7. The lowest BCUT2D eigenvalue weighted by atomic mass is 10.00. The summed E-state index contributed by atoms with van der Waals surface area (Å²) < 4.78 is 18.9. The number of amides is 1. The van der Waals surface area contributed by atoms with Crippen LogP contribution in [0.3, 0.4) is 0 Å². The molecule has 1 saturated heterocycles. The van der Waals surface area contributed by atoms with Crippen LogP contribution in [-0.2, 0) is 33.4 Å². The number of esters is 1. The first-order valence-electron chi connectivity index (χ1n) is 18.7. The van der Waals surface area contributed by atoms with Gasteiger partial charge in [0.15, 0.2) is 5.65 Å². The fourth-order valence-electron chi connectivity index (χ4n) is 5.51. The molecule has 1 aliphatic rings. The Morgan fingerprint density at radius 3 is 1.78 bits per heavy atom. The molecule has 0 atom stereocenters. The monoisotopic (exact) mass is 832 g/mol. The predicted octanol–water partition coefficient (Wildman–Crippen LogP) is 3.66. The Balaban J connectivity index is 0.000000507. The number of nitrogens with one attached hydrogen (secondary N) is 1. The Morgan fingerprint density at radius 2 is 1.30 bits per heavy atom. The highest BCUT2D eigenvalue weighted by Gasteiger charge is 2.33. The molecule has 19 nitrogen and oxygen atoms in total. The standard InChI is InChI=1S/C33H40N6O5.2C4H4O4/c1-4-42-32(41)33(2,3)34-31(40)30-36-35-27-16-17-28(37-39(27)30)43-23-11-20-38-21-18-26(19-22-38)44-29(24-12-7-5-8-13-24)25-14-9-6-10-15-25;2*5-3(6)1-2-4(7)8/h5-10,12-17,26,29H,4,11,18-23H2,1-3H3,(H,34,40);2*1-2H,(H,5,6)(H,7,8). The van der Waals surface area contributed by atoms with Crippen LogP contribution in [0.5, 0.6) is 5.88 Å². The summed E-state index contributed by atoms with van der Waals surface area (Å²) >= 11 is 0. The highest BCUT2D eigenvalue weighted by atomic mass is 16.5. The number of fused-ring (bicyclic) bond motifs is 1. The van der Waals surface area contributed by atoms with Gasteiger partial charge in [0, 0.05) is 50.0 Å². The fourth-order valence-corrected chi connectivity index (χ4v) is 5.51. The van der Waals surface area contributed by atoms with E-state index in [-0.39, 0.29) is 24.6 Å². The molecule has 0 radical (unpaired) electrons. The van der Waals surface area contributed by atoms with Gasteiger partial charge >= 0.3 is 29.8 Å². The molecular weight excluding hydrogens is 784 g/mol. The summed E-state index contributed by atoms with van der Waals surface area (Å²) in [6.45, 7) is 8.35. The first-order valence-corrected chi connectivity index (χ1v) is 18.7. The van der Waals surface area contributed by atoms with Crippen molar-refractivity contribution in [3.8, 4) is 5.88 Å². The van der Waals surface area contributed by atoms with Gasteiger partial charge in [0.25, 0.3) is 5.91 Å². The van der Waals surface area contributed by atoms with E-state index in [0.717, 1.165) is 38.9 Å². The zero-order valence-corrected chi connectivity index (χ0v) is 33.2. The van der Waals surface area contributed by atoms with Crippen molar-refractivity contribution in [3.63, 3.8) is 0 Å². The third-order valence-corrected chi connectivity index (χ3v) is 8.33. The highest BCUT2D eigenvalue weighted by molar-refractivity contribution is 5.95. The quantitative estimate of drug-likeness (QED) is 0.0577. The number of hydrogen-bond donors (Lipinski definition) is 5. The van der Waals surface area contributed by atoms with E-state index < -0.39 is 41.3 Å². The van der Waals surface area contributed by atoms with Crippen molar-refractivity contribution in [3.05, 3.63) is 114 Å². The maximum atomic E-state index is 12.9. The number of ether oxygens (including phenoxy) is 3. The van der Waals surface area contributed by atoms with Gasteiger partial charge in [-0.1, -0.05) is 60.7 Å². The number of rotatable bonds is 17. The van der Waals surface area contributed by atoms with Crippen LogP contribution < -0.4 is 10.1 Å². The van der Waals surface area contributed by atoms with Gasteiger partial charge in [0.1, 0.15) is 11.6 Å². The Labute approximate surface area is 344 Å². The Hall–Kier alpha value is -6.99. The molecule has 0 aliphatic carbocycles. The molecule has 1 fully saturated rings. The molecule has 0 bridgehead atoms. The normalized spacial score (nSPS) is 13.2. The number of aliphatic carboxylic acids is 4. The van der Waals surface area contributed by atoms with Gasteiger partial charge in [-0.15, -0.1) is 15.3 Å². The number of carboxylic acids is 4. The molecule has 4 aromatic rings. The molecule has 0 unspecified atom stereocenters. The largest absolute Gasteiger partial charge is 0.478 e. The van der Waals surface area contributed by atoms with Crippen molar-refractivity contribution in [1.29, 1.82) is 0 Å². The number of piperidine rings is 1. The molecule has 3 heterocycles. The highest BCUT2D eigenvalue weighted by Crippen LogP contribution is 2.30. The molecule has 5 rings (SSSR count). The Bertz CT molecular complexity index is 1990. The molecule has 1 aliphatic heterocycles. The number of nitrogens with zero attached hydrogens (tertiary/aromatic N) is 5. The molecule has 5 N–H and O–H groups in total. The molecular formula is C41H48N6O13. The second-order valence-electron chi connectivity index (χ2n) is 13.4. The summed E-state index contributed by atoms with van der Waals surface area (Å²) in [5.41, 5.74) is 1.50. The number of aromatic nitrogens is 4. The molecule has 1 amide bonds. The zero-order chi connectivity index (χ0) is 44.1. The van der Waals surface area contributed by atoms with Crippen molar-refractivity contribution in [1.82, 2.24) is 30.0 Å². The second-order valence-corrected chi connectivity index (χ2v) is 13.4. The molecule has 0 spiro atoms. The molecule has 320 valence electrons. The number of benzene rings is 2. The van der Waals surface area contributed by atoms with Crippen molar-refractivity contribution in [2.75, 3.05) is 32.8 Å². The second kappa shape index (κ2) is 24.1. The van der Waals surface area contributed by atoms with Gasteiger partial charge < -0.3 is 44.9 Å². The zero-order valence-electron chi connectivity index (χ0n) is 33.2. The van der Waals surface area contributed by atoms with Crippen molar-refractivity contribution in [2.45, 2.75) is 57.8 Å². The van der Waals surface area contributed by atoms with E-state index in [9.17, 15) is 28.8 Å². The average molecular weight is 833 g/mol. The number of carbonyl (C=O) groups is 6. The van der Waals surface area contributed by atoms with Gasteiger partial charge in [-0.2, -0.15) is 4.52 Å². The molecule has 2 aromatic carbocycles. The van der Waals surface area contributed by atoms with Crippen molar-refractivity contribution in [2.24, 2.45) is 0 Å². The van der Waals surface area contributed by atoms with Gasteiger partial charge in [-0.05, 0) is 57.2 Å². The first-order chi connectivity index (χ1) is 28.6. The maximum Gasteiger partial charge on any atom is 0.331 e. The van der Waals surface area contributed by atoms with E-state index in [4.69, 9.17) is 34.6 Å². The summed E-state index contributed by atoms with van der Waals surface area (Å²) in [5, 5.41) is 46.3. The third kappa shape index (κ3) is 16.5. The minimum absolute atomic E-state index is 0.0466. The van der Waals surface area contributed by atoms with Gasteiger partial charge in [0.05, 0.1) is 19.3 Å². The van der Waals surface area contributed by atoms with Crippen LogP contribution in [0.4, 0.5) is 0 Å². The molecule has 0 saturated carbocycles. The number of hydrogen-bond acceptors (Lipinski definition) is 13. The number of carboxylic acid groups (broad SMARTS) is 4. The van der Waals surface area contributed by atoms with E-state index >= 15 is 0 Å². The van der Waals surface area contributed by atoms with Crippen molar-refractivity contribution >= 4 is 41.4 Å². The summed E-state index contributed by atoms with van der Waals surface area (Å²) in [7, 11) is 0. The smallest absolute Gasteiger partial charge is 0.331 e. The van der Waals surface area contributed by atoms with Crippen LogP contribution in [0.25, 0.3) is 5.65 Å². The van der Waals surface area contributed by atoms with Crippen LogP contribution in [0.15, 0.2) is 97.1 Å². The lowest BCUT2D eigenvalue weighted by Gasteiger charge is -2.34. The fraction of sp³-hybridized carbons (Fsp3) is 0.341. The predicted molar refractivity (Wildman–Crippen MR) is 213 cm³/mol. The van der Waals surface area contributed by atoms with Crippen LogP contribution in [0, 0.1) is 0 Å². The van der Waals surface area contributed by atoms with Crippen LogP contribution in [-0.4, -0.2) is 125 Å². The lowest BCUT2D eigenvalue weighted by Crippen LogP contribution is -2.51. The number of carbonyl (C=O) groups excluding carboxylic acids is 2. The van der Waals surface area contributed by atoms with E-state index in [1.807, 2.05) is 12.1 Å². The van der Waals surface area contributed by atoms with Gasteiger partial charge in [0.2, 0.25) is 11.7 Å².